The fraction of sp³-hybridized carbons (Fsp3) is 0.412. The highest BCUT2D eigenvalue weighted by molar-refractivity contribution is 5.77. The molecule has 3 aromatic heterocycles. The van der Waals surface area contributed by atoms with Crippen LogP contribution >= 0.6 is 0 Å². The lowest BCUT2D eigenvalue weighted by molar-refractivity contribution is -0.133. The zero-order valence-corrected chi connectivity index (χ0v) is 13.7. The molecule has 1 aliphatic rings. The molecule has 0 N–H and O–H groups in total. The van der Waals surface area contributed by atoms with Crippen molar-refractivity contribution in [1.29, 1.82) is 0 Å². The van der Waals surface area contributed by atoms with Crippen LogP contribution in [0.25, 0.3) is 11.0 Å². The summed E-state index contributed by atoms with van der Waals surface area (Å²) >= 11 is 0. The summed E-state index contributed by atoms with van der Waals surface area (Å²) in [5, 5.41) is 8.67. The molecule has 124 valence electrons. The van der Waals surface area contributed by atoms with Crippen molar-refractivity contribution in [2.75, 3.05) is 13.1 Å². The molecule has 0 radical (unpaired) electrons. The van der Waals surface area contributed by atoms with Crippen molar-refractivity contribution in [3.8, 4) is 0 Å². The molecule has 4 heterocycles. The second-order valence-corrected chi connectivity index (χ2v) is 6.29. The maximum atomic E-state index is 12.7. The van der Waals surface area contributed by atoms with Crippen molar-refractivity contribution < 1.29 is 4.79 Å². The predicted molar refractivity (Wildman–Crippen MR) is 89.3 cm³/mol. The molecule has 1 aliphatic heterocycles. The number of carbonyl (C=O) groups excluding carboxylic acids is 1. The Morgan fingerprint density at radius 2 is 2.21 bits per heavy atom. The third kappa shape index (κ3) is 2.77. The topological polar surface area (TPSA) is 68.8 Å². The van der Waals surface area contributed by atoms with Crippen LogP contribution in [-0.2, 0) is 18.4 Å². The van der Waals surface area contributed by atoms with Crippen molar-refractivity contribution >= 4 is 16.9 Å². The van der Waals surface area contributed by atoms with Gasteiger partial charge in [0, 0.05) is 44.1 Å². The third-order valence-electron chi connectivity index (χ3n) is 4.67. The SMILES string of the molecule is Cn1nccc1C1CCCN(C(=O)Cn2cc3ncccc3n2)C1. The van der Waals surface area contributed by atoms with E-state index in [9.17, 15) is 4.79 Å². The van der Waals surface area contributed by atoms with E-state index >= 15 is 0 Å². The Labute approximate surface area is 139 Å². The van der Waals surface area contributed by atoms with Gasteiger partial charge in [-0.15, -0.1) is 0 Å². The van der Waals surface area contributed by atoms with Crippen LogP contribution in [-0.4, -0.2) is 48.4 Å². The van der Waals surface area contributed by atoms with E-state index < -0.39 is 0 Å². The van der Waals surface area contributed by atoms with Gasteiger partial charge in [0.05, 0.1) is 6.20 Å². The molecule has 0 aliphatic carbocycles. The normalized spacial score (nSPS) is 18.2. The van der Waals surface area contributed by atoms with Crippen LogP contribution in [0.4, 0.5) is 0 Å². The summed E-state index contributed by atoms with van der Waals surface area (Å²) < 4.78 is 3.60. The van der Waals surface area contributed by atoms with E-state index in [0.717, 1.165) is 37.0 Å². The maximum Gasteiger partial charge on any atom is 0.244 e. The molecular weight excluding hydrogens is 304 g/mol. The Morgan fingerprint density at radius 1 is 1.29 bits per heavy atom. The number of amides is 1. The van der Waals surface area contributed by atoms with Crippen LogP contribution < -0.4 is 0 Å². The molecule has 0 aromatic carbocycles. The van der Waals surface area contributed by atoms with Crippen LogP contribution in [0, 0.1) is 0 Å². The highest BCUT2D eigenvalue weighted by Crippen LogP contribution is 2.26. The Balaban J connectivity index is 1.46. The molecule has 1 atom stereocenters. The summed E-state index contributed by atoms with van der Waals surface area (Å²) in [6, 6.07) is 5.80. The highest BCUT2D eigenvalue weighted by Gasteiger charge is 2.26. The summed E-state index contributed by atoms with van der Waals surface area (Å²) in [7, 11) is 1.96. The molecule has 1 amide bonds. The highest BCUT2D eigenvalue weighted by atomic mass is 16.2. The second-order valence-electron chi connectivity index (χ2n) is 6.29. The van der Waals surface area contributed by atoms with Crippen molar-refractivity contribution in [2.45, 2.75) is 25.3 Å². The third-order valence-corrected chi connectivity index (χ3v) is 4.67. The van der Waals surface area contributed by atoms with Gasteiger partial charge in [-0.3, -0.25) is 19.1 Å². The Hall–Kier alpha value is -2.70. The minimum Gasteiger partial charge on any atom is -0.340 e. The van der Waals surface area contributed by atoms with Gasteiger partial charge in [-0.2, -0.15) is 10.2 Å². The predicted octanol–water partition coefficient (Wildman–Crippen LogP) is 1.57. The quantitative estimate of drug-likeness (QED) is 0.733. The first-order valence-electron chi connectivity index (χ1n) is 8.24. The van der Waals surface area contributed by atoms with Crippen molar-refractivity contribution in [1.82, 2.24) is 29.4 Å². The van der Waals surface area contributed by atoms with E-state index in [0.29, 0.717) is 5.92 Å². The summed E-state index contributed by atoms with van der Waals surface area (Å²) in [6.07, 6.45) is 7.50. The fourth-order valence-corrected chi connectivity index (χ4v) is 3.45. The lowest BCUT2D eigenvalue weighted by Gasteiger charge is -2.32. The number of hydrogen-bond acceptors (Lipinski definition) is 4. The summed E-state index contributed by atoms with van der Waals surface area (Å²) in [6.45, 7) is 1.82. The number of nitrogens with zero attached hydrogens (tertiary/aromatic N) is 6. The summed E-state index contributed by atoms with van der Waals surface area (Å²) in [5.41, 5.74) is 2.83. The summed E-state index contributed by atoms with van der Waals surface area (Å²) in [5.74, 6) is 0.461. The van der Waals surface area contributed by atoms with Crippen LogP contribution in [0.2, 0.25) is 0 Å². The minimum atomic E-state index is 0.106. The van der Waals surface area contributed by atoms with Crippen molar-refractivity contribution in [2.24, 2.45) is 7.05 Å². The largest absolute Gasteiger partial charge is 0.340 e. The van der Waals surface area contributed by atoms with Gasteiger partial charge in [-0.05, 0) is 31.0 Å². The van der Waals surface area contributed by atoms with E-state index in [1.165, 1.54) is 5.69 Å². The maximum absolute atomic E-state index is 12.7. The average Bonchev–Trinajstić information content (AvgIpc) is 3.20. The fourth-order valence-electron chi connectivity index (χ4n) is 3.45. The number of fused-ring (bicyclic) bond motifs is 1. The molecule has 0 saturated carbocycles. The molecule has 0 bridgehead atoms. The van der Waals surface area contributed by atoms with Gasteiger partial charge in [0.2, 0.25) is 5.91 Å². The van der Waals surface area contributed by atoms with Crippen molar-refractivity contribution in [3.05, 3.63) is 42.5 Å². The monoisotopic (exact) mass is 324 g/mol. The van der Waals surface area contributed by atoms with Crippen molar-refractivity contribution in [3.63, 3.8) is 0 Å². The number of piperidine rings is 1. The first-order chi connectivity index (χ1) is 11.7. The molecular formula is C17H20N6O. The number of carbonyl (C=O) groups is 1. The van der Waals surface area contributed by atoms with Gasteiger partial charge in [-0.25, -0.2) is 0 Å². The first-order valence-corrected chi connectivity index (χ1v) is 8.24. The molecule has 7 nitrogen and oxygen atoms in total. The van der Waals surface area contributed by atoms with E-state index in [-0.39, 0.29) is 12.5 Å². The second kappa shape index (κ2) is 6.07. The van der Waals surface area contributed by atoms with Gasteiger partial charge in [0.1, 0.15) is 17.6 Å². The van der Waals surface area contributed by atoms with Gasteiger partial charge in [0.15, 0.2) is 0 Å². The van der Waals surface area contributed by atoms with Gasteiger partial charge in [-0.1, -0.05) is 0 Å². The van der Waals surface area contributed by atoms with Gasteiger partial charge < -0.3 is 4.90 Å². The van der Waals surface area contributed by atoms with Crippen LogP contribution in [0.5, 0.6) is 0 Å². The molecule has 7 heteroatoms. The number of hydrogen-bond donors (Lipinski definition) is 0. The van der Waals surface area contributed by atoms with Crippen LogP contribution in [0.15, 0.2) is 36.8 Å². The molecule has 1 unspecified atom stereocenters. The zero-order valence-electron chi connectivity index (χ0n) is 13.7. The standard InChI is InChI=1S/C17H20N6O/c1-21-16(6-8-19-21)13-4-3-9-22(10-13)17(24)12-23-11-15-14(20-23)5-2-7-18-15/h2,5-8,11,13H,3-4,9-10,12H2,1H3. The molecule has 3 aromatic rings. The molecule has 1 fully saturated rings. The van der Waals surface area contributed by atoms with Gasteiger partial charge in [0.25, 0.3) is 0 Å². The molecule has 24 heavy (non-hydrogen) atoms. The van der Waals surface area contributed by atoms with E-state index in [1.54, 1.807) is 10.9 Å². The molecule has 4 rings (SSSR count). The number of pyridine rings is 1. The number of aryl methyl sites for hydroxylation is 1. The van der Waals surface area contributed by atoms with Crippen LogP contribution in [0.3, 0.4) is 0 Å². The van der Waals surface area contributed by atoms with E-state index in [1.807, 2.05) is 47.2 Å². The Bertz CT molecular complexity index is 834. The number of likely N-dealkylation sites (tertiary alicyclic amines) is 1. The molecule has 0 spiro atoms. The number of aromatic nitrogens is 5. The van der Waals surface area contributed by atoms with Gasteiger partial charge >= 0.3 is 0 Å². The Morgan fingerprint density at radius 3 is 3.00 bits per heavy atom. The Kier molecular flexibility index (Phi) is 3.76. The summed E-state index contributed by atoms with van der Waals surface area (Å²) in [4.78, 5) is 18.9. The van der Waals surface area contributed by atoms with E-state index in [4.69, 9.17) is 0 Å². The van der Waals surface area contributed by atoms with E-state index in [2.05, 4.69) is 15.2 Å². The minimum absolute atomic E-state index is 0.106. The zero-order chi connectivity index (χ0) is 16.5. The average molecular weight is 324 g/mol. The number of rotatable bonds is 3. The lowest BCUT2D eigenvalue weighted by atomic mass is 9.94. The smallest absolute Gasteiger partial charge is 0.244 e. The first kappa shape index (κ1) is 14.9. The lowest BCUT2D eigenvalue weighted by Crippen LogP contribution is -2.41. The molecule has 1 saturated heterocycles. The van der Waals surface area contributed by atoms with Crippen LogP contribution in [0.1, 0.15) is 24.5 Å².